The molecule has 1 saturated heterocycles. The Morgan fingerprint density at radius 3 is 2.07 bits per heavy atom. The maximum absolute atomic E-state index is 12.7. The molecule has 2 aromatic rings. The molecule has 0 radical (unpaired) electrons. The van der Waals surface area contributed by atoms with Crippen LogP contribution in [0.5, 0.6) is 0 Å². The topological polar surface area (TPSA) is 60.9 Å². The van der Waals surface area contributed by atoms with E-state index in [0.29, 0.717) is 37.0 Å². The fourth-order valence-electron chi connectivity index (χ4n) is 3.82. The normalized spacial score (nSPS) is 21.0. The molecule has 5 nitrogen and oxygen atoms in total. The molecule has 1 aliphatic heterocycles. The summed E-state index contributed by atoms with van der Waals surface area (Å²) in [5.74, 6) is 0.370. The predicted molar refractivity (Wildman–Crippen MR) is 106 cm³/mol. The molecule has 2 aliphatic rings. The van der Waals surface area contributed by atoms with Crippen LogP contribution in [0, 0.1) is 5.92 Å². The highest BCUT2D eigenvalue weighted by Crippen LogP contribution is 2.45. The number of hydrogen-bond acceptors (Lipinski definition) is 4. The number of rotatable bonds is 5. The molecule has 1 saturated carbocycles. The summed E-state index contributed by atoms with van der Waals surface area (Å²) in [5.41, 5.74) is 1.28. The number of nitrogens with zero attached hydrogens (tertiary/aromatic N) is 2. The van der Waals surface area contributed by atoms with Crippen LogP contribution in [0.1, 0.15) is 25.3 Å². The van der Waals surface area contributed by atoms with E-state index >= 15 is 0 Å². The molecule has 0 bridgehead atoms. The molecule has 27 heavy (non-hydrogen) atoms. The van der Waals surface area contributed by atoms with E-state index in [1.54, 1.807) is 28.6 Å². The summed E-state index contributed by atoms with van der Waals surface area (Å²) < 4.78 is 27.0. The molecule has 1 aliphatic carbocycles. The molecule has 6 heteroatoms. The molecule has 1 N–H and O–H groups in total. The van der Waals surface area contributed by atoms with Gasteiger partial charge in [-0.3, -0.25) is 0 Å². The van der Waals surface area contributed by atoms with Crippen molar-refractivity contribution in [2.75, 3.05) is 31.1 Å². The first kappa shape index (κ1) is 18.5. The van der Waals surface area contributed by atoms with E-state index in [4.69, 9.17) is 0 Å². The summed E-state index contributed by atoms with van der Waals surface area (Å²) in [6, 6.07) is 16.7. The lowest BCUT2D eigenvalue weighted by Crippen LogP contribution is -2.48. The highest BCUT2D eigenvalue weighted by atomic mass is 32.2. The van der Waals surface area contributed by atoms with E-state index in [1.165, 1.54) is 0 Å². The molecular formula is C21H26N2O3S. The monoisotopic (exact) mass is 386 g/mol. The molecule has 0 aromatic heterocycles. The summed E-state index contributed by atoms with van der Waals surface area (Å²) in [7, 11) is -3.42. The van der Waals surface area contributed by atoms with Crippen molar-refractivity contribution >= 4 is 15.7 Å². The van der Waals surface area contributed by atoms with Gasteiger partial charge in [0.05, 0.1) is 10.5 Å². The molecule has 1 atom stereocenters. The van der Waals surface area contributed by atoms with Crippen molar-refractivity contribution in [2.24, 2.45) is 5.92 Å². The Hall–Kier alpha value is -1.89. The number of piperazine rings is 1. The van der Waals surface area contributed by atoms with Gasteiger partial charge in [-0.15, -0.1) is 0 Å². The third-order valence-electron chi connectivity index (χ3n) is 5.81. The second kappa shape index (κ2) is 6.93. The Morgan fingerprint density at radius 2 is 1.52 bits per heavy atom. The van der Waals surface area contributed by atoms with Crippen molar-refractivity contribution in [2.45, 2.75) is 30.3 Å². The molecule has 144 valence electrons. The molecular weight excluding hydrogens is 360 g/mol. The van der Waals surface area contributed by atoms with Crippen molar-refractivity contribution < 1.29 is 13.5 Å². The van der Waals surface area contributed by atoms with Crippen LogP contribution in [0.3, 0.4) is 0 Å². The number of anilines is 1. The molecule has 1 unspecified atom stereocenters. The van der Waals surface area contributed by atoms with Crippen molar-refractivity contribution in [1.82, 2.24) is 4.31 Å². The Kier molecular flexibility index (Phi) is 4.74. The van der Waals surface area contributed by atoms with E-state index in [2.05, 4.69) is 4.90 Å². The summed E-state index contributed by atoms with van der Waals surface area (Å²) in [6.07, 6.45) is 2.18. The predicted octanol–water partition coefficient (Wildman–Crippen LogP) is 2.82. The zero-order valence-electron chi connectivity index (χ0n) is 15.6. The fourth-order valence-corrected chi connectivity index (χ4v) is 5.26. The maximum Gasteiger partial charge on any atom is 0.243 e. The summed E-state index contributed by atoms with van der Waals surface area (Å²) in [5, 5.41) is 10.7. The van der Waals surface area contributed by atoms with Gasteiger partial charge in [0.15, 0.2) is 0 Å². The van der Waals surface area contributed by atoms with E-state index < -0.39 is 15.6 Å². The van der Waals surface area contributed by atoms with Crippen LogP contribution in [-0.4, -0.2) is 44.0 Å². The van der Waals surface area contributed by atoms with Crippen LogP contribution in [0.2, 0.25) is 0 Å². The zero-order chi connectivity index (χ0) is 19.1. The van der Waals surface area contributed by atoms with Crippen molar-refractivity contribution in [3.8, 4) is 0 Å². The molecule has 2 fully saturated rings. The van der Waals surface area contributed by atoms with Gasteiger partial charge in [0.2, 0.25) is 10.0 Å². The van der Waals surface area contributed by atoms with Gasteiger partial charge in [0.1, 0.15) is 0 Å². The molecule has 0 amide bonds. The van der Waals surface area contributed by atoms with Gasteiger partial charge in [-0.05, 0) is 55.5 Å². The molecule has 1 heterocycles. The molecule has 2 aromatic carbocycles. The number of aliphatic hydroxyl groups is 1. The van der Waals surface area contributed by atoms with Crippen LogP contribution in [0.4, 0.5) is 5.69 Å². The fraction of sp³-hybridized carbons (Fsp3) is 0.429. The lowest BCUT2D eigenvalue weighted by molar-refractivity contribution is 0.0331. The smallest absolute Gasteiger partial charge is 0.243 e. The van der Waals surface area contributed by atoms with Gasteiger partial charge >= 0.3 is 0 Å². The second-order valence-corrected chi connectivity index (χ2v) is 9.61. The minimum atomic E-state index is -3.42. The van der Waals surface area contributed by atoms with Gasteiger partial charge in [-0.1, -0.05) is 30.3 Å². The summed E-state index contributed by atoms with van der Waals surface area (Å²) in [6.45, 7) is 4.15. The first-order chi connectivity index (χ1) is 12.9. The Bertz CT molecular complexity index is 883. The Morgan fingerprint density at radius 1 is 0.926 bits per heavy atom. The third-order valence-corrected chi connectivity index (χ3v) is 7.72. The van der Waals surface area contributed by atoms with Crippen LogP contribution >= 0.6 is 0 Å². The lowest BCUT2D eigenvalue weighted by Gasteiger charge is -2.35. The van der Waals surface area contributed by atoms with E-state index in [-0.39, 0.29) is 0 Å². The van der Waals surface area contributed by atoms with Gasteiger partial charge in [0, 0.05) is 31.9 Å². The van der Waals surface area contributed by atoms with Gasteiger partial charge in [0.25, 0.3) is 0 Å². The average Bonchev–Trinajstić information content (AvgIpc) is 3.55. The highest BCUT2D eigenvalue weighted by molar-refractivity contribution is 7.89. The van der Waals surface area contributed by atoms with Gasteiger partial charge in [-0.25, -0.2) is 8.42 Å². The largest absolute Gasteiger partial charge is 0.385 e. The first-order valence-corrected chi connectivity index (χ1v) is 11.0. The zero-order valence-corrected chi connectivity index (χ0v) is 16.4. The van der Waals surface area contributed by atoms with Crippen LogP contribution in [0.25, 0.3) is 0 Å². The standard InChI is InChI=1S/C21H26N2O3S/c1-21(24,17-7-8-17)18-9-11-19(12-10-18)22-13-15-23(16-14-22)27(25,26)20-5-3-2-4-6-20/h2-6,9-12,17,24H,7-8,13-16H2,1H3. The quantitative estimate of drug-likeness (QED) is 0.858. The van der Waals surface area contributed by atoms with Crippen LogP contribution in [0.15, 0.2) is 59.5 Å². The molecule has 4 rings (SSSR count). The number of hydrogen-bond donors (Lipinski definition) is 1. The van der Waals surface area contributed by atoms with E-state index in [0.717, 1.165) is 24.1 Å². The van der Waals surface area contributed by atoms with Crippen molar-refractivity contribution in [3.05, 3.63) is 60.2 Å². The molecule has 0 spiro atoms. The van der Waals surface area contributed by atoms with E-state index in [9.17, 15) is 13.5 Å². The van der Waals surface area contributed by atoms with Crippen LogP contribution < -0.4 is 4.90 Å². The Balaban J connectivity index is 1.42. The lowest BCUT2D eigenvalue weighted by atomic mass is 9.91. The minimum Gasteiger partial charge on any atom is -0.385 e. The van der Waals surface area contributed by atoms with Crippen LogP contribution in [-0.2, 0) is 15.6 Å². The number of benzene rings is 2. The first-order valence-electron chi connectivity index (χ1n) is 9.52. The minimum absolute atomic E-state index is 0.352. The Labute approximate surface area is 161 Å². The highest BCUT2D eigenvalue weighted by Gasteiger charge is 2.41. The van der Waals surface area contributed by atoms with Gasteiger partial charge in [-0.2, -0.15) is 4.31 Å². The van der Waals surface area contributed by atoms with Gasteiger partial charge < -0.3 is 10.0 Å². The van der Waals surface area contributed by atoms with Crippen molar-refractivity contribution in [3.63, 3.8) is 0 Å². The third kappa shape index (κ3) is 3.61. The summed E-state index contributed by atoms with van der Waals surface area (Å²) >= 11 is 0. The second-order valence-electron chi connectivity index (χ2n) is 7.67. The van der Waals surface area contributed by atoms with E-state index in [1.807, 2.05) is 37.3 Å². The number of sulfonamides is 1. The maximum atomic E-state index is 12.7. The SMILES string of the molecule is CC(O)(c1ccc(N2CCN(S(=O)(=O)c3ccccc3)CC2)cc1)C1CC1. The average molecular weight is 387 g/mol. The summed E-state index contributed by atoms with van der Waals surface area (Å²) in [4.78, 5) is 2.55. The van der Waals surface area contributed by atoms with Crippen molar-refractivity contribution in [1.29, 1.82) is 0 Å².